The molecule has 3 N–H and O–H groups in total. The van der Waals surface area contributed by atoms with E-state index in [1.165, 1.54) is 4.88 Å². The minimum Gasteiger partial charge on any atom is -0.495 e. The first-order valence-corrected chi connectivity index (χ1v) is 10.0. The monoisotopic (exact) mass is 392 g/mol. The molecule has 1 saturated heterocycles. The van der Waals surface area contributed by atoms with Gasteiger partial charge in [-0.05, 0) is 61.5 Å². The van der Waals surface area contributed by atoms with Gasteiger partial charge in [0.15, 0.2) is 5.96 Å². The number of nitrogens with zero attached hydrogens (tertiary/aromatic N) is 2. The maximum absolute atomic E-state index is 6.13. The highest BCUT2D eigenvalue weighted by Crippen LogP contribution is 2.27. The Labute approximate surface area is 163 Å². The SMILES string of the molecule is COc1ccc(NC(N)=NCC2CCN(Cc3cccs3)CC2)cc1Cl. The predicted octanol–water partition coefficient (Wildman–Crippen LogP) is 4.05. The highest BCUT2D eigenvalue weighted by molar-refractivity contribution is 7.09. The number of methoxy groups -OCH3 is 1. The van der Waals surface area contributed by atoms with Crippen molar-refractivity contribution >= 4 is 34.6 Å². The minimum absolute atomic E-state index is 0.423. The van der Waals surface area contributed by atoms with E-state index in [0.717, 1.165) is 44.7 Å². The van der Waals surface area contributed by atoms with Gasteiger partial charge in [0.05, 0.1) is 12.1 Å². The first-order chi connectivity index (χ1) is 12.6. The predicted molar refractivity (Wildman–Crippen MR) is 110 cm³/mol. The van der Waals surface area contributed by atoms with Gasteiger partial charge in [-0.15, -0.1) is 11.3 Å². The van der Waals surface area contributed by atoms with Crippen molar-refractivity contribution in [2.45, 2.75) is 19.4 Å². The number of aliphatic imine (C=N–C) groups is 1. The first kappa shape index (κ1) is 19.0. The average molecular weight is 393 g/mol. The van der Waals surface area contributed by atoms with Crippen molar-refractivity contribution in [2.75, 3.05) is 32.1 Å². The van der Waals surface area contributed by atoms with Crippen molar-refractivity contribution in [1.29, 1.82) is 0 Å². The maximum Gasteiger partial charge on any atom is 0.193 e. The van der Waals surface area contributed by atoms with Crippen molar-refractivity contribution in [3.63, 3.8) is 0 Å². The summed E-state index contributed by atoms with van der Waals surface area (Å²) in [5.74, 6) is 1.66. The lowest BCUT2D eigenvalue weighted by atomic mass is 9.97. The Morgan fingerprint density at radius 2 is 2.19 bits per heavy atom. The minimum atomic E-state index is 0.423. The largest absolute Gasteiger partial charge is 0.495 e. The third-order valence-corrected chi connectivity index (χ3v) is 5.77. The molecule has 1 aliphatic heterocycles. The molecule has 1 aromatic heterocycles. The van der Waals surface area contributed by atoms with E-state index >= 15 is 0 Å². The van der Waals surface area contributed by atoms with Gasteiger partial charge in [-0.1, -0.05) is 17.7 Å². The van der Waals surface area contributed by atoms with Gasteiger partial charge in [0.1, 0.15) is 5.75 Å². The number of guanidine groups is 1. The van der Waals surface area contributed by atoms with Crippen LogP contribution in [0.4, 0.5) is 5.69 Å². The smallest absolute Gasteiger partial charge is 0.193 e. The number of nitrogens with one attached hydrogen (secondary N) is 1. The molecule has 7 heteroatoms. The number of piperidine rings is 1. The van der Waals surface area contributed by atoms with E-state index in [0.29, 0.717) is 22.6 Å². The number of benzene rings is 1. The molecule has 0 bridgehead atoms. The van der Waals surface area contributed by atoms with Crippen LogP contribution in [-0.4, -0.2) is 37.6 Å². The second kappa shape index (κ2) is 9.26. The number of halogens is 1. The van der Waals surface area contributed by atoms with Crippen LogP contribution in [0.1, 0.15) is 17.7 Å². The van der Waals surface area contributed by atoms with E-state index in [1.54, 1.807) is 19.2 Å². The maximum atomic E-state index is 6.13. The summed E-state index contributed by atoms with van der Waals surface area (Å²) in [5, 5.41) is 5.78. The van der Waals surface area contributed by atoms with Gasteiger partial charge >= 0.3 is 0 Å². The zero-order valence-electron chi connectivity index (χ0n) is 15.0. The molecule has 2 heterocycles. The van der Waals surface area contributed by atoms with Crippen molar-refractivity contribution in [3.05, 3.63) is 45.6 Å². The number of likely N-dealkylation sites (tertiary alicyclic amines) is 1. The van der Waals surface area contributed by atoms with Crippen LogP contribution in [0.2, 0.25) is 5.02 Å². The molecule has 1 fully saturated rings. The van der Waals surface area contributed by atoms with Crippen molar-refractivity contribution in [3.8, 4) is 5.75 Å². The Morgan fingerprint density at radius 3 is 2.85 bits per heavy atom. The molecule has 0 aliphatic carbocycles. The Morgan fingerprint density at radius 1 is 1.38 bits per heavy atom. The zero-order chi connectivity index (χ0) is 18.4. The topological polar surface area (TPSA) is 62.9 Å². The fourth-order valence-corrected chi connectivity index (χ4v) is 4.11. The van der Waals surface area contributed by atoms with Crippen LogP contribution in [-0.2, 0) is 6.54 Å². The number of hydrogen-bond acceptors (Lipinski definition) is 4. The highest BCUT2D eigenvalue weighted by atomic mass is 35.5. The molecular weight excluding hydrogens is 368 g/mol. The Balaban J connectivity index is 1.44. The number of ether oxygens (including phenoxy) is 1. The van der Waals surface area contributed by atoms with Crippen LogP contribution in [0.15, 0.2) is 40.7 Å². The van der Waals surface area contributed by atoms with E-state index < -0.39 is 0 Å². The van der Waals surface area contributed by atoms with Crippen LogP contribution in [0.3, 0.4) is 0 Å². The van der Waals surface area contributed by atoms with Gasteiger partial charge < -0.3 is 15.8 Å². The summed E-state index contributed by atoms with van der Waals surface area (Å²) < 4.78 is 5.15. The van der Waals surface area contributed by atoms with Gasteiger partial charge in [-0.25, -0.2) is 0 Å². The molecule has 0 atom stereocenters. The third kappa shape index (κ3) is 5.37. The number of thiophene rings is 1. The van der Waals surface area contributed by atoms with Crippen LogP contribution in [0.25, 0.3) is 0 Å². The standard InChI is InChI=1S/C19H25ClN4OS/c1-25-18-5-4-15(11-17(18)20)23-19(21)22-12-14-6-8-24(9-7-14)13-16-3-2-10-26-16/h2-5,10-11,14H,6-9,12-13H2,1H3,(H3,21,22,23). The molecule has 0 radical (unpaired) electrons. The molecule has 1 aromatic carbocycles. The van der Waals surface area contributed by atoms with Crippen molar-refractivity contribution in [2.24, 2.45) is 16.6 Å². The molecule has 3 rings (SSSR count). The summed E-state index contributed by atoms with van der Waals surface area (Å²) in [7, 11) is 1.59. The number of rotatable bonds is 6. The molecule has 2 aromatic rings. The molecule has 0 spiro atoms. The summed E-state index contributed by atoms with van der Waals surface area (Å²) in [6.45, 7) is 4.07. The Kier molecular flexibility index (Phi) is 6.77. The van der Waals surface area contributed by atoms with E-state index in [-0.39, 0.29) is 0 Å². The Hall–Kier alpha value is -1.76. The molecular formula is C19H25ClN4OS. The second-order valence-electron chi connectivity index (χ2n) is 6.50. The lowest BCUT2D eigenvalue weighted by Gasteiger charge is -2.30. The highest BCUT2D eigenvalue weighted by Gasteiger charge is 2.19. The van der Waals surface area contributed by atoms with Crippen molar-refractivity contribution < 1.29 is 4.74 Å². The first-order valence-electron chi connectivity index (χ1n) is 8.79. The van der Waals surface area contributed by atoms with Crippen molar-refractivity contribution in [1.82, 2.24) is 4.90 Å². The Bertz CT molecular complexity index is 727. The quantitative estimate of drug-likeness (QED) is 0.575. The summed E-state index contributed by atoms with van der Waals surface area (Å²) in [4.78, 5) is 8.47. The average Bonchev–Trinajstić information content (AvgIpc) is 3.14. The number of nitrogens with two attached hydrogens (primary N) is 1. The summed E-state index contributed by atoms with van der Waals surface area (Å²) in [5.41, 5.74) is 6.82. The van der Waals surface area contributed by atoms with E-state index in [9.17, 15) is 0 Å². The van der Waals surface area contributed by atoms with Crippen LogP contribution < -0.4 is 15.8 Å². The lowest BCUT2D eigenvalue weighted by molar-refractivity contribution is 0.182. The van der Waals surface area contributed by atoms with E-state index in [2.05, 4.69) is 32.7 Å². The summed E-state index contributed by atoms with van der Waals surface area (Å²) >= 11 is 7.96. The molecule has 5 nitrogen and oxygen atoms in total. The summed E-state index contributed by atoms with van der Waals surface area (Å²) in [6.07, 6.45) is 2.33. The van der Waals surface area contributed by atoms with Gasteiger partial charge in [0, 0.05) is 23.7 Å². The molecule has 140 valence electrons. The molecule has 0 amide bonds. The van der Waals surface area contributed by atoms with Gasteiger partial charge in [0.2, 0.25) is 0 Å². The molecule has 0 unspecified atom stereocenters. The fourth-order valence-electron chi connectivity index (χ4n) is 3.11. The molecule has 0 saturated carbocycles. The number of anilines is 1. The fraction of sp³-hybridized carbons (Fsp3) is 0.421. The second-order valence-corrected chi connectivity index (χ2v) is 7.94. The van der Waals surface area contributed by atoms with Crippen LogP contribution in [0.5, 0.6) is 5.75 Å². The number of hydrogen-bond donors (Lipinski definition) is 2. The van der Waals surface area contributed by atoms with Crippen LogP contribution >= 0.6 is 22.9 Å². The van der Waals surface area contributed by atoms with E-state index in [4.69, 9.17) is 22.1 Å². The van der Waals surface area contributed by atoms with Crippen LogP contribution in [0, 0.1) is 5.92 Å². The molecule has 26 heavy (non-hydrogen) atoms. The lowest BCUT2D eigenvalue weighted by Crippen LogP contribution is -2.34. The third-order valence-electron chi connectivity index (χ3n) is 4.61. The molecule has 1 aliphatic rings. The zero-order valence-corrected chi connectivity index (χ0v) is 16.5. The van der Waals surface area contributed by atoms with Gasteiger partial charge in [-0.3, -0.25) is 9.89 Å². The van der Waals surface area contributed by atoms with Gasteiger partial charge in [-0.2, -0.15) is 0 Å². The normalized spacial score (nSPS) is 16.6. The summed E-state index contributed by atoms with van der Waals surface area (Å²) in [6, 6.07) is 9.79. The van der Waals surface area contributed by atoms with Gasteiger partial charge in [0.25, 0.3) is 0 Å². The van der Waals surface area contributed by atoms with E-state index in [1.807, 2.05) is 17.4 Å².